The van der Waals surface area contributed by atoms with Crippen LogP contribution in [0, 0.1) is 12.8 Å². The van der Waals surface area contributed by atoms with E-state index in [-0.39, 0.29) is 6.04 Å². The highest BCUT2D eigenvalue weighted by Crippen LogP contribution is 2.26. The summed E-state index contributed by atoms with van der Waals surface area (Å²) in [5.74, 6) is 0.852. The predicted octanol–water partition coefficient (Wildman–Crippen LogP) is 1.05. The highest BCUT2D eigenvalue weighted by Gasteiger charge is 2.25. The summed E-state index contributed by atoms with van der Waals surface area (Å²) >= 11 is 0. The van der Waals surface area contributed by atoms with Crippen LogP contribution in [0.25, 0.3) is 0 Å². The van der Waals surface area contributed by atoms with Crippen molar-refractivity contribution in [2.75, 3.05) is 18.0 Å². The van der Waals surface area contributed by atoms with E-state index in [2.05, 4.69) is 16.8 Å². The quantitative estimate of drug-likeness (QED) is 0.852. The van der Waals surface area contributed by atoms with Gasteiger partial charge in [0.15, 0.2) is 0 Å². The van der Waals surface area contributed by atoms with Crippen LogP contribution in [0.15, 0.2) is 12.1 Å². The van der Waals surface area contributed by atoms with E-state index in [0.29, 0.717) is 11.5 Å². The molecule has 4 N–H and O–H groups in total. The fourth-order valence-corrected chi connectivity index (χ4v) is 2.61. The number of nitrogens with zero attached hydrogens (tertiary/aromatic N) is 2. The zero-order chi connectivity index (χ0) is 14.0. The Bertz CT molecular complexity index is 465. The molecular formula is C14H22N4O. The van der Waals surface area contributed by atoms with E-state index < -0.39 is 5.91 Å². The Labute approximate surface area is 114 Å². The number of pyridine rings is 1. The summed E-state index contributed by atoms with van der Waals surface area (Å²) < 4.78 is 0. The van der Waals surface area contributed by atoms with Gasteiger partial charge in [-0.15, -0.1) is 0 Å². The van der Waals surface area contributed by atoms with Gasteiger partial charge in [0.05, 0.1) is 5.56 Å². The van der Waals surface area contributed by atoms with E-state index in [9.17, 15) is 4.79 Å². The molecule has 0 aliphatic carbocycles. The molecule has 1 aliphatic heterocycles. The normalized spacial score (nSPS) is 18.4. The average molecular weight is 262 g/mol. The van der Waals surface area contributed by atoms with Crippen molar-refractivity contribution in [3.05, 3.63) is 23.4 Å². The Kier molecular flexibility index (Phi) is 4.04. The van der Waals surface area contributed by atoms with E-state index in [0.717, 1.165) is 37.4 Å². The monoisotopic (exact) mass is 262 g/mol. The number of carbonyl (C=O) groups excluding carboxylic acids is 1. The molecule has 2 rings (SSSR count). The first kappa shape index (κ1) is 13.8. The number of nitrogens with two attached hydrogens (primary N) is 2. The van der Waals surface area contributed by atoms with Gasteiger partial charge in [-0.05, 0) is 44.7 Å². The Morgan fingerprint density at radius 3 is 2.58 bits per heavy atom. The predicted molar refractivity (Wildman–Crippen MR) is 76.1 cm³/mol. The zero-order valence-electron chi connectivity index (χ0n) is 11.6. The maximum atomic E-state index is 11.5. The molecule has 104 valence electrons. The van der Waals surface area contributed by atoms with Crippen molar-refractivity contribution in [2.45, 2.75) is 32.7 Å². The van der Waals surface area contributed by atoms with Gasteiger partial charge in [-0.2, -0.15) is 0 Å². The van der Waals surface area contributed by atoms with Gasteiger partial charge in [-0.3, -0.25) is 4.79 Å². The number of hydrogen-bond acceptors (Lipinski definition) is 4. The number of anilines is 1. The van der Waals surface area contributed by atoms with Crippen molar-refractivity contribution < 1.29 is 4.79 Å². The van der Waals surface area contributed by atoms with Gasteiger partial charge in [0.2, 0.25) is 0 Å². The molecule has 1 atom stereocenters. The maximum absolute atomic E-state index is 11.5. The van der Waals surface area contributed by atoms with E-state index >= 15 is 0 Å². The lowest BCUT2D eigenvalue weighted by Crippen LogP contribution is -2.40. The zero-order valence-corrected chi connectivity index (χ0v) is 11.6. The summed E-state index contributed by atoms with van der Waals surface area (Å²) in [4.78, 5) is 18.1. The maximum Gasteiger partial charge on any atom is 0.252 e. The third-order valence-corrected chi connectivity index (χ3v) is 3.86. The Morgan fingerprint density at radius 2 is 2.05 bits per heavy atom. The fourth-order valence-electron chi connectivity index (χ4n) is 2.61. The van der Waals surface area contributed by atoms with Gasteiger partial charge in [0, 0.05) is 24.8 Å². The average Bonchev–Trinajstić information content (AvgIpc) is 2.38. The second kappa shape index (κ2) is 5.57. The summed E-state index contributed by atoms with van der Waals surface area (Å²) in [5.41, 5.74) is 12.8. The van der Waals surface area contributed by atoms with Crippen LogP contribution >= 0.6 is 0 Å². The van der Waals surface area contributed by atoms with Crippen LogP contribution in [-0.2, 0) is 0 Å². The molecule has 1 fully saturated rings. The molecule has 1 aliphatic rings. The largest absolute Gasteiger partial charge is 0.365 e. The van der Waals surface area contributed by atoms with Crippen molar-refractivity contribution in [2.24, 2.45) is 17.4 Å². The molecule has 1 aromatic rings. The lowest BCUT2D eigenvalue weighted by molar-refractivity contribution is 0.100. The van der Waals surface area contributed by atoms with Gasteiger partial charge >= 0.3 is 0 Å². The first-order valence-electron chi connectivity index (χ1n) is 6.77. The van der Waals surface area contributed by atoms with E-state index in [1.165, 1.54) is 0 Å². The second-order valence-corrected chi connectivity index (χ2v) is 5.37. The number of piperidine rings is 1. The molecule has 0 saturated carbocycles. The van der Waals surface area contributed by atoms with Gasteiger partial charge in [-0.1, -0.05) is 0 Å². The second-order valence-electron chi connectivity index (χ2n) is 5.37. The minimum Gasteiger partial charge on any atom is -0.365 e. The fraction of sp³-hybridized carbons (Fsp3) is 0.571. The number of aryl methyl sites for hydroxylation is 1. The van der Waals surface area contributed by atoms with Crippen LogP contribution in [0.5, 0.6) is 0 Å². The van der Waals surface area contributed by atoms with Crippen LogP contribution in [0.2, 0.25) is 0 Å². The highest BCUT2D eigenvalue weighted by molar-refractivity contribution is 5.97. The standard InChI is InChI=1S/C14H22N4O/c1-9-3-4-12(13(16)19)14(17-9)18-7-5-11(6-8-18)10(2)15/h3-4,10-11H,5-8,15H2,1-2H3,(H2,16,19). The molecule has 0 spiro atoms. The van der Waals surface area contributed by atoms with Crippen LogP contribution in [0.3, 0.4) is 0 Å². The Balaban J connectivity index is 2.19. The SMILES string of the molecule is Cc1ccc(C(N)=O)c(N2CCC(C(C)N)CC2)n1. The van der Waals surface area contributed by atoms with Gasteiger partial charge in [0.1, 0.15) is 5.82 Å². The summed E-state index contributed by atoms with van der Waals surface area (Å²) in [7, 11) is 0. The molecule has 0 bridgehead atoms. The van der Waals surface area contributed by atoms with Crippen LogP contribution < -0.4 is 16.4 Å². The first-order chi connectivity index (χ1) is 8.99. The smallest absolute Gasteiger partial charge is 0.252 e. The molecular weight excluding hydrogens is 240 g/mol. The number of hydrogen-bond donors (Lipinski definition) is 2. The van der Waals surface area contributed by atoms with E-state index in [1.807, 2.05) is 13.0 Å². The Morgan fingerprint density at radius 1 is 1.42 bits per heavy atom. The topological polar surface area (TPSA) is 85.2 Å². The van der Waals surface area contributed by atoms with E-state index in [1.54, 1.807) is 6.07 Å². The van der Waals surface area contributed by atoms with Crippen molar-refractivity contribution in [1.82, 2.24) is 4.98 Å². The number of carbonyl (C=O) groups is 1. The lowest BCUT2D eigenvalue weighted by atomic mass is 9.91. The summed E-state index contributed by atoms with van der Waals surface area (Å²) in [6.07, 6.45) is 2.07. The summed E-state index contributed by atoms with van der Waals surface area (Å²) in [6, 6.07) is 3.80. The molecule has 0 aromatic carbocycles. The molecule has 0 radical (unpaired) electrons. The third-order valence-electron chi connectivity index (χ3n) is 3.86. The summed E-state index contributed by atoms with van der Waals surface area (Å²) in [6.45, 7) is 5.73. The van der Waals surface area contributed by atoms with Crippen LogP contribution in [0.4, 0.5) is 5.82 Å². The minimum absolute atomic E-state index is 0.225. The molecule has 1 aromatic heterocycles. The molecule has 5 nitrogen and oxygen atoms in total. The summed E-state index contributed by atoms with van der Waals surface area (Å²) in [5, 5.41) is 0. The van der Waals surface area contributed by atoms with Crippen molar-refractivity contribution >= 4 is 11.7 Å². The van der Waals surface area contributed by atoms with Crippen molar-refractivity contribution in [3.8, 4) is 0 Å². The third kappa shape index (κ3) is 3.04. The molecule has 19 heavy (non-hydrogen) atoms. The Hall–Kier alpha value is -1.62. The minimum atomic E-state index is -0.420. The van der Waals surface area contributed by atoms with E-state index in [4.69, 9.17) is 11.5 Å². The van der Waals surface area contributed by atoms with Crippen LogP contribution in [-0.4, -0.2) is 30.0 Å². The lowest BCUT2D eigenvalue weighted by Gasteiger charge is -2.35. The number of aromatic nitrogens is 1. The molecule has 1 amide bonds. The van der Waals surface area contributed by atoms with Crippen LogP contribution in [0.1, 0.15) is 35.8 Å². The first-order valence-corrected chi connectivity index (χ1v) is 6.77. The van der Waals surface area contributed by atoms with Crippen molar-refractivity contribution in [1.29, 1.82) is 0 Å². The number of rotatable bonds is 3. The number of amides is 1. The number of primary amides is 1. The molecule has 5 heteroatoms. The van der Waals surface area contributed by atoms with Gasteiger partial charge in [0.25, 0.3) is 5.91 Å². The van der Waals surface area contributed by atoms with Crippen molar-refractivity contribution in [3.63, 3.8) is 0 Å². The molecule has 1 unspecified atom stereocenters. The van der Waals surface area contributed by atoms with Gasteiger partial charge < -0.3 is 16.4 Å². The molecule has 1 saturated heterocycles. The molecule has 2 heterocycles. The van der Waals surface area contributed by atoms with Gasteiger partial charge in [-0.25, -0.2) is 4.98 Å². The highest BCUT2D eigenvalue weighted by atomic mass is 16.1.